The van der Waals surface area contributed by atoms with Crippen LogP contribution >= 0.6 is 23.1 Å². The second-order valence-electron chi connectivity index (χ2n) is 4.63. The summed E-state index contributed by atoms with van der Waals surface area (Å²) < 4.78 is 8.98. The molecule has 8 heteroatoms. The Morgan fingerprint density at radius 1 is 1.36 bits per heavy atom. The van der Waals surface area contributed by atoms with Gasteiger partial charge in [-0.15, -0.1) is 5.10 Å². The highest BCUT2D eigenvalue weighted by molar-refractivity contribution is 7.08. The minimum Gasteiger partial charge on any atom is -0.424 e. The third kappa shape index (κ3) is 2.49. The molecule has 0 saturated heterocycles. The van der Waals surface area contributed by atoms with Gasteiger partial charge in [-0.1, -0.05) is 16.1 Å². The van der Waals surface area contributed by atoms with E-state index in [-0.39, 0.29) is 17.2 Å². The summed E-state index contributed by atoms with van der Waals surface area (Å²) in [6, 6.07) is 5.05. The molecule has 0 bridgehead atoms. The first-order chi connectivity index (χ1) is 10.5. The highest BCUT2D eigenvalue weighted by Crippen LogP contribution is 2.34. The summed E-state index contributed by atoms with van der Waals surface area (Å²) in [4.78, 5) is 27.4. The van der Waals surface area contributed by atoms with Crippen LogP contribution in [0.4, 0.5) is 0 Å². The summed E-state index contributed by atoms with van der Waals surface area (Å²) in [6.07, 6.45) is 0. The molecule has 0 radical (unpaired) electrons. The van der Waals surface area contributed by atoms with Crippen LogP contribution in [0.3, 0.4) is 0 Å². The Morgan fingerprint density at radius 2 is 2.14 bits per heavy atom. The van der Waals surface area contributed by atoms with Gasteiger partial charge in [-0.3, -0.25) is 9.59 Å². The molecule has 22 heavy (non-hydrogen) atoms. The molecule has 3 rings (SSSR count). The Bertz CT molecular complexity index is 900. The minimum absolute atomic E-state index is 0.169. The van der Waals surface area contributed by atoms with Crippen molar-refractivity contribution in [2.45, 2.75) is 13.8 Å². The number of hydrogen-bond donors (Lipinski definition) is 1. The number of halogens is 1. The number of carbonyl (C=O) groups excluding carboxylic acids is 2. The van der Waals surface area contributed by atoms with Crippen molar-refractivity contribution in [2.75, 3.05) is 0 Å². The molecule has 0 atom stereocenters. The molecule has 0 spiro atoms. The number of benzene rings is 1. The van der Waals surface area contributed by atoms with Crippen LogP contribution in [0, 0.1) is 6.92 Å². The summed E-state index contributed by atoms with van der Waals surface area (Å²) in [5, 5.41) is 4.88. The van der Waals surface area contributed by atoms with Crippen molar-refractivity contribution in [3.05, 3.63) is 39.5 Å². The molecule has 3 aromatic rings. The first-order valence-electron chi connectivity index (χ1n) is 6.30. The number of rotatable bonds is 3. The van der Waals surface area contributed by atoms with E-state index in [4.69, 9.17) is 16.3 Å². The van der Waals surface area contributed by atoms with Gasteiger partial charge in [-0.05, 0) is 36.7 Å². The quantitative estimate of drug-likeness (QED) is 0.587. The van der Waals surface area contributed by atoms with E-state index in [0.29, 0.717) is 26.5 Å². The van der Waals surface area contributed by atoms with Crippen molar-refractivity contribution in [3.63, 3.8) is 0 Å². The van der Waals surface area contributed by atoms with E-state index in [1.54, 1.807) is 25.1 Å². The van der Waals surface area contributed by atoms with Crippen molar-refractivity contribution in [3.8, 4) is 5.75 Å². The molecule has 0 fully saturated rings. The van der Waals surface area contributed by atoms with Gasteiger partial charge in [0.2, 0.25) is 5.78 Å². The summed E-state index contributed by atoms with van der Waals surface area (Å²) in [5.41, 5.74) is 1.36. The highest BCUT2D eigenvalue weighted by Gasteiger charge is 2.25. The van der Waals surface area contributed by atoms with E-state index in [2.05, 4.69) is 14.6 Å². The van der Waals surface area contributed by atoms with E-state index in [9.17, 15) is 9.59 Å². The second-order valence-corrected chi connectivity index (χ2v) is 5.82. The molecule has 0 aliphatic rings. The van der Waals surface area contributed by atoms with Gasteiger partial charge in [0.25, 0.3) is 0 Å². The van der Waals surface area contributed by atoms with Gasteiger partial charge in [0.1, 0.15) is 10.6 Å². The van der Waals surface area contributed by atoms with Crippen LogP contribution in [-0.4, -0.2) is 26.3 Å². The fourth-order valence-electron chi connectivity index (χ4n) is 2.10. The normalized spacial score (nSPS) is 10.9. The smallest absolute Gasteiger partial charge is 0.308 e. The number of nitrogens with one attached hydrogen (secondary N) is 1. The van der Waals surface area contributed by atoms with Crippen molar-refractivity contribution in [1.82, 2.24) is 14.6 Å². The molecule has 0 aliphatic carbocycles. The largest absolute Gasteiger partial charge is 0.424 e. The van der Waals surface area contributed by atoms with E-state index in [0.717, 1.165) is 11.5 Å². The van der Waals surface area contributed by atoms with Crippen LogP contribution < -0.4 is 4.74 Å². The number of nitrogens with zero attached hydrogens (tertiary/aromatic N) is 2. The molecule has 112 valence electrons. The average molecular weight is 336 g/mol. The number of carbonyl (C=O) groups is 2. The van der Waals surface area contributed by atoms with Gasteiger partial charge in [-0.2, -0.15) is 0 Å². The van der Waals surface area contributed by atoms with Crippen LogP contribution in [0.1, 0.15) is 28.0 Å². The molecule has 1 aromatic carbocycles. The van der Waals surface area contributed by atoms with E-state index in [1.165, 1.54) is 6.92 Å². The van der Waals surface area contributed by atoms with Crippen LogP contribution in [0.2, 0.25) is 5.02 Å². The van der Waals surface area contributed by atoms with Crippen LogP contribution in [0.25, 0.3) is 10.9 Å². The highest BCUT2D eigenvalue weighted by atomic mass is 35.5. The van der Waals surface area contributed by atoms with E-state index >= 15 is 0 Å². The minimum atomic E-state index is -0.519. The third-order valence-corrected chi connectivity index (χ3v) is 4.11. The lowest BCUT2D eigenvalue weighted by atomic mass is 10.2. The number of esters is 1. The Balaban J connectivity index is 2.22. The molecule has 6 nitrogen and oxygen atoms in total. The van der Waals surface area contributed by atoms with Gasteiger partial charge in [0, 0.05) is 22.8 Å². The summed E-state index contributed by atoms with van der Waals surface area (Å²) in [7, 11) is 0. The molecule has 0 amide bonds. The lowest BCUT2D eigenvalue weighted by Crippen LogP contribution is -2.08. The van der Waals surface area contributed by atoms with Crippen molar-refractivity contribution in [2.24, 2.45) is 0 Å². The number of aryl methyl sites for hydroxylation is 1. The van der Waals surface area contributed by atoms with Crippen LogP contribution in [-0.2, 0) is 4.79 Å². The lowest BCUT2D eigenvalue weighted by molar-refractivity contribution is -0.131. The number of ketones is 1. The van der Waals surface area contributed by atoms with Gasteiger partial charge in [-0.25, -0.2) is 0 Å². The SMILES string of the molecule is CC(=O)Oc1c(C(=O)c2snnc2C)[nH]c2ccc(Cl)cc12. The topological polar surface area (TPSA) is 84.9 Å². The molecule has 0 unspecified atom stereocenters. The number of ether oxygens (including phenoxy) is 1. The maximum Gasteiger partial charge on any atom is 0.308 e. The molecular formula is C14H10ClN3O3S. The average Bonchev–Trinajstić information content (AvgIpc) is 3.02. The van der Waals surface area contributed by atoms with Gasteiger partial charge >= 0.3 is 5.97 Å². The molecular weight excluding hydrogens is 326 g/mol. The maximum absolute atomic E-state index is 12.7. The zero-order chi connectivity index (χ0) is 15.9. The predicted octanol–water partition coefficient (Wildman–Crippen LogP) is 3.14. The standard InChI is InChI=1S/C14H10ClN3O3S/c1-6-14(22-18-17-6)12(20)11-13(21-7(2)19)9-5-8(15)3-4-10(9)16-11/h3-5,16H,1-2H3. The van der Waals surface area contributed by atoms with Gasteiger partial charge in [0.05, 0.1) is 5.69 Å². The number of hydrogen-bond acceptors (Lipinski definition) is 6. The Labute approximate surface area is 134 Å². The monoisotopic (exact) mass is 335 g/mol. The van der Waals surface area contributed by atoms with Crippen molar-refractivity contribution >= 4 is 45.8 Å². The zero-order valence-corrected chi connectivity index (χ0v) is 13.2. The molecule has 2 aromatic heterocycles. The zero-order valence-electron chi connectivity index (χ0n) is 11.6. The number of aromatic amines is 1. The molecule has 2 heterocycles. The Hall–Kier alpha value is -2.25. The van der Waals surface area contributed by atoms with Crippen molar-refractivity contribution < 1.29 is 14.3 Å². The van der Waals surface area contributed by atoms with E-state index < -0.39 is 5.97 Å². The summed E-state index contributed by atoms with van der Waals surface area (Å²) in [5.74, 6) is -0.673. The number of aromatic nitrogens is 3. The Morgan fingerprint density at radius 3 is 2.77 bits per heavy atom. The Kier molecular flexibility index (Phi) is 3.67. The molecule has 0 aliphatic heterocycles. The van der Waals surface area contributed by atoms with Gasteiger partial charge in [0.15, 0.2) is 5.75 Å². The number of fused-ring (bicyclic) bond motifs is 1. The third-order valence-electron chi connectivity index (χ3n) is 3.04. The lowest BCUT2D eigenvalue weighted by Gasteiger charge is -2.03. The first-order valence-corrected chi connectivity index (χ1v) is 7.46. The van der Waals surface area contributed by atoms with Crippen molar-refractivity contribution in [1.29, 1.82) is 0 Å². The molecule has 1 N–H and O–H groups in total. The van der Waals surface area contributed by atoms with E-state index in [1.807, 2.05) is 0 Å². The maximum atomic E-state index is 12.7. The fourth-order valence-corrected chi connectivity index (χ4v) is 2.88. The van der Waals surface area contributed by atoms with Gasteiger partial charge < -0.3 is 9.72 Å². The predicted molar refractivity (Wildman–Crippen MR) is 82.7 cm³/mol. The summed E-state index contributed by atoms with van der Waals surface area (Å²) in [6.45, 7) is 2.97. The first kappa shape index (κ1) is 14.7. The fraction of sp³-hybridized carbons (Fsp3) is 0.143. The molecule has 0 saturated carbocycles. The van der Waals surface area contributed by atoms with Crippen LogP contribution in [0.15, 0.2) is 18.2 Å². The summed E-state index contributed by atoms with van der Waals surface area (Å²) >= 11 is 6.98. The second kappa shape index (κ2) is 5.51. The number of H-pyrrole nitrogens is 1. The van der Waals surface area contributed by atoms with Crippen LogP contribution in [0.5, 0.6) is 5.75 Å².